The quantitative estimate of drug-likeness (QED) is 0.541. The molecule has 1 aromatic heterocycles. The van der Waals surface area contributed by atoms with Crippen LogP contribution < -0.4 is 24.4 Å². The van der Waals surface area contributed by atoms with E-state index in [4.69, 9.17) is 23.4 Å². The van der Waals surface area contributed by atoms with E-state index < -0.39 is 0 Å². The van der Waals surface area contributed by atoms with Gasteiger partial charge in [-0.15, -0.1) is 0 Å². The van der Waals surface area contributed by atoms with Crippen LogP contribution in [0.2, 0.25) is 0 Å². The van der Waals surface area contributed by atoms with Gasteiger partial charge >= 0.3 is 0 Å². The number of unbranched alkanes of at least 4 members (excludes halogenated alkanes) is 1. The number of ether oxygens (including phenoxy) is 4. The molecule has 0 amide bonds. The fraction of sp³-hybridized carbons (Fsp3) is 0.348. The molecule has 6 heteroatoms. The van der Waals surface area contributed by atoms with Crippen molar-refractivity contribution >= 4 is 11.0 Å². The summed E-state index contributed by atoms with van der Waals surface area (Å²) in [5.74, 6) is 2.68. The minimum Gasteiger partial charge on any atom is -0.496 e. The Morgan fingerprint density at radius 3 is 2.21 bits per heavy atom. The summed E-state index contributed by atoms with van der Waals surface area (Å²) < 4.78 is 27.8. The summed E-state index contributed by atoms with van der Waals surface area (Å²) in [6.07, 6.45) is 2.44. The normalized spacial score (nSPS) is 10.8. The first-order valence-corrected chi connectivity index (χ1v) is 9.52. The van der Waals surface area contributed by atoms with E-state index in [1.54, 1.807) is 39.5 Å². The van der Waals surface area contributed by atoms with E-state index in [0.29, 0.717) is 51.7 Å². The molecular weight excluding hydrogens is 372 g/mol. The van der Waals surface area contributed by atoms with Gasteiger partial charge in [0, 0.05) is 23.3 Å². The van der Waals surface area contributed by atoms with Crippen molar-refractivity contribution in [3.05, 3.63) is 46.1 Å². The van der Waals surface area contributed by atoms with Gasteiger partial charge in [0.2, 0.25) is 0 Å². The number of hydrogen-bond acceptors (Lipinski definition) is 6. The zero-order valence-electron chi connectivity index (χ0n) is 17.5. The molecule has 29 heavy (non-hydrogen) atoms. The molecule has 3 aromatic rings. The van der Waals surface area contributed by atoms with Crippen molar-refractivity contribution in [1.29, 1.82) is 0 Å². The lowest BCUT2D eigenvalue weighted by Gasteiger charge is -2.14. The Balaban J connectivity index is 2.34. The zero-order valence-corrected chi connectivity index (χ0v) is 17.5. The maximum atomic E-state index is 13.4. The van der Waals surface area contributed by atoms with Crippen LogP contribution in [0.25, 0.3) is 22.3 Å². The molecule has 1 heterocycles. The van der Waals surface area contributed by atoms with Gasteiger partial charge in [-0.1, -0.05) is 13.3 Å². The molecule has 0 atom stereocenters. The third kappa shape index (κ3) is 3.88. The van der Waals surface area contributed by atoms with E-state index in [9.17, 15) is 4.79 Å². The lowest BCUT2D eigenvalue weighted by atomic mass is 9.99. The predicted molar refractivity (Wildman–Crippen MR) is 113 cm³/mol. The third-order valence-electron chi connectivity index (χ3n) is 4.91. The molecular formula is C23H26O6. The van der Waals surface area contributed by atoms with Gasteiger partial charge in [-0.2, -0.15) is 0 Å². The van der Waals surface area contributed by atoms with Gasteiger partial charge in [-0.25, -0.2) is 0 Å². The molecule has 0 fully saturated rings. The minimum absolute atomic E-state index is 0.0935. The first-order chi connectivity index (χ1) is 14.1. The fourth-order valence-corrected chi connectivity index (χ4v) is 3.37. The van der Waals surface area contributed by atoms with E-state index >= 15 is 0 Å². The summed E-state index contributed by atoms with van der Waals surface area (Å²) in [5.41, 5.74) is 1.68. The molecule has 0 saturated carbocycles. The van der Waals surface area contributed by atoms with Crippen molar-refractivity contribution in [2.45, 2.75) is 26.2 Å². The van der Waals surface area contributed by atoms with Crippen molar-refractivity contribution < 1.29 is 23.4 Å². The summed E-state index contributed by atoms with van der Waals surface area (Å²) in [5, 5.41) is 0.420. The van der Waals surface area contributed by atoms with Crippen LogP contribution in [-0.4, -0.2) is 28.4 Å². The number of benzene rings is 2. The largest absolute Gasteiger partial charge is 0.496 e. The summed E-state index contributed by atoms with van der Waals surface area (Å²) >= 11 is 0. The highest BCUT2D eigenvalue weighted by Gasteiger charge is 2.20. The molecule has 0 unspecified atom stereocenters. The molecule has 154 valence electrons. The SMILES string of the molecule is CCCCc1c(-c2ccc(OC)c(OC)c2)oc2cc(OC)cc(OC)c2c1=O. The molecule has 0 aliphatic carbocycles. The predicted octanol–water partition coefficient (Wildman–Crippen LogP) is 4.84. The van der Waals surface area contributed by atoms with E-state index in [0.717, 1.165) is 18.4 Å². The fourth-order valence-electron chi connectivity index (χ4n) is 3.37. The maximum Gasteiger partial charge on any atom is 0.200 e. The Kier molecular flexibility index (Phi) is 6.32. The van der Waals surface area contributed by atoms with Gasteiger partial charge in [0.05, 0.1) is 28.4 Å². The summed E-state index contributed by atoms with van der Waals surface area (Å²) in [6, 6.07) is 8.87. The maximum absolute atomic E-state index is 13.4. The number of fused-ring (bicyclic) bond motifs is 1. The molecule has 0 N–H and O–H groups in total. The second-order valence-corrected chi connectivity index (χ2v) is 6.61. The highest BCUT2D eigenvalue weighted by Crippen LogP contribution is 2.37. The summed E-state index contributed by atoms with van der Waals surface area (Å²) in [4.78, 5) is 13.4. The second kappa shape index (κ2) is 8.90. The van der Waals surface area contributed by atoms with Crippen LogP contribution in [0, 0.1) is 0 Å². The smallest absolute Gasteiger partial charge is 0.200 e. The Morgan fingerprint density at radius 2 is 1.59 bits per heavy atom. The second-order valence-electron chi connectivity index (χ2n) is 6.61. The van der Waals surface area contributed by atoms with Crippen LogP contribution in [-0.2, 0) is 6.42 Å². The lowest BCUT2D eigenvalue weighted by Crippen LogP contribution is -2.12. The first kappa shape index (κ1) is 20.6. The zero-order chi connectivity index (χ0) is 21.0. The van der Waals surface area contributed by atoms with Gasteiger partial charge in [0.1, 0.15) is 28.2 Å². The van der Waals surface area contributed by atoms with Gasteiger partial charge in [0.15, 0.2) is 16.9 Å². The van der Waals surface area contributed by atoms with E-state index in [-0.39, 0.29) is 5.43 Å². The number of methoxy groups -OCH3 is 4. The molecule has 2 aromatic carbocycles. The topological polar surface area (TPSA) is 67.1 Å². The highest BCUT2D eigenvalue weighted by molar-refractivity contribution is 5.87. The van der Waals surface area contributed by atoms with E-state index in [1.807, 2.05) is 12.1 Å². The van der Waals surface area contributed by atoms with Gasteiger partial charge in [-0.05, 0) is 31.0 Å². The van der Waals surface area contributed by atoms with Crippen LogP contribution >= 0.6 is 0 Å². The average Bonchev–Trinajstić information content (AvgIpc) is 2.76. The van der Waals surface area contributed by atoms with Crippen molar-refractivity contribution in [3.63, 3.8) is 0 Å². The molecule has 0 radical (unpaired) electrons. The van der Waals surface area contributed by atoms with Gasteiger partial charge in [0.25, 0.3) is 0 Å². The first-order valence-electron chi connectivity index (χ1n) is 9.52. The summed E-state index contributed by atoms with van der Waals surface area (Å²) in [6.45, 7) is 2.09. The molecule has 0 saturated heterocycles. The number of hydrogen-bond donors (Lipinski definition) is 0. The highest BCUT2D eigenvalue weighted by atomic mass is 16.5. The van der Waals surface area contributed by atoms with E-state index in [2.05, 4.69) is 6.92 Å². The molecule has 6 nitrogen and oxygen atoms in total. The van der Waals surface area contributed by atoms with Crippen LogP contribution in [0.15, 0.2) is 39.5 Å². The molecule has 0 spiro atoms. The van der Waals surface area contributed by atoms with Crippen LogP contribution in [0.3, 0.4) is 0 Å². The minimum atomic E-state index is -0.0935. The third-order valence-corrected chi connectivity index (χ3v) is 4.91. The van der Waals surface area contributed by atoms with Crippen molar-refractivity contribution in [1.82, 2.24) is 0 Å². The average molecular weight is 398 g/mol. The van der Waals surface area contributed by atoms with Gasteiger partial charge in [-0.3, -0.25) is 4.79 Å². The standard InChI is InChI=1S/C23H26O6/c1-6-7-8-16-22(24)21-19(28-5)12-15(25-2)13-20(21)29-23(16)14-9-10-17(26-3)18(11-14)27-4/h9-13H,6-8H2,1-5H3. The van der Waals surface area contributed by atoms with Crippen LogP contribution in [0.5, 0.6) is 23.0 Å². The molecule has 0 aliphatic heterocycles. The van der Waals surface area contributed by atoms with Crippen molar-refractivity contribution in [2.24, 2.45) is 0 Å². The van der Waals surface area contributed by atoms with E-state index in [1.165, 1.54) is 7.11 Å². The molecule has 0 aliphatic rings. The molecule has 3 rings (SSSR count). The Labute approximate surface area is 170 Å². The van der Waals surface area contributed by atoms with Crippen molar-refractivity contribution in [2.75, 3.05) is 28.4 Å². The van der Waals surface area contributed by atoms with Crippen molar-refractivity contribution in [3.8, 4) is 34.3 Å². The van der Waals surface area contributed by atoms with Crippen LogP contribution in [0.1, 0.15) is 25.3 Å². The summed E-state index contributed by atoms with van der Waals surface area (Å²) in [7, 11) is 6.25. The van der Waals surface area contributed by atoms with Crippen LogP contribution in [0.4, 0.5) is 0 Å². The Hall–Kier alpha value is -3.15. The Morgan fingerprint density at radius 1 is 0.862 bits per heavy atom. The monoisotopic (exact) mass is 398 g/mol. The molecule has 0 bridgehead atoms. The Bertz CT molecular complexity index is 1070. The van der Waals surface area contributed by atoms with Gasteiger partial charge < -0.3 is 23.4 Å². The lowest BCUT2D eigenvalue weighted by molar-refractivity contribution is 0.355. The number of rotatable bonds is 8.